The standard InChI is InChI=1S/C13H20N2O/c1-2-5-12(6-3-1)14-8-9-15-13-7-4-10-16-11-13/h1-3,5-6,13-15H,4,7-11H2. The number of nitrogens with one attached hydrogen (secondary N) is 2. The van der Waals surface area contributed by atoms with Crippen LogP contribution in [0.3, 0.4) is 0 Å². The maximum atomic E-state index is 5.41. The molecule has 0 aromatic heterocycles. The second-order valence-corrected chi connectivity index (χ2v) is 4.16. The van der Waals surface area contributed by atoms with Gasteiger partial charge in [-0.15, -0.1) is 0 Å². The van der Waals surface area contributed by atoms with Crippen molar-refractivity contribution in [2.24, 2.45) is 0 Å². The summed E-state index contributed by atoms with van der Waals surface area (Å²) in [6, 6.07) is 10.8. The highest BCUT2D eigenvalue weighted by Crippen LogP contribution is 2.06. The summed E-state index contributed by atoms with van der Waals surface area (Å²) < 4.78 is 5.41. The third kappa shape index (κ3) is 3.83. The van der Waals surface area contributed by atoms with E-state index < -0.39 is 0 Å². The van der Waals surface area contributed by atoms with E-state index in [1.807, 2.05) is 18.2 Å². The Morgan fingerprint density at radius 2 is 2.06 bits per heavy atom. The van der Waals surface area contributed by atoms with Gasteiger partial charge in [0.15, 0.2) is 0 Å². The Balaban J connectivity index is 1.58. The molecule has 16 heavy (non-hydrogen) atoms. The first-order valence-electron chi connectivity index (χ1n) is 6.05. The summed E-state index contributed by atoms with van der Waals surface area (Å²) in [5.41, 5.74) is 1.18. The highest BCUT2D eigenvalue weighted by molar-refractivity contribution is 5.42. The molecule has 0 radical (unpaired) electrons. The SMILES string of the molecule is c1ccc(NCCNC2CCCOC2)cc1. The van der Waals surface area contributed by atoms with Gasteiger partial charge in [-0.05, 0) is 25.0 Å². The highest BCUT2D eigenvalue weighted by atomic mass is 16.5. The van der Waals surface area contributed by atoms with Crippen LogP contribution in [-0.2, 0) is 4.74 Å². The minimum atomic E-state index is 0.548. The van der Waals surface area contributed by atoms with Crippen LogP contribution >= 0.6 is 0 Å². The van der Waals surface area contributed by atoms with Gasteiger partial charge >= 0.3 is 0 Å². The van der Waals surface area contributed by atoms with E-state index in [9.17, 15) is 0 Å². The molecule has 1 atom stereocenters. The van der Waals surface area contributed by atoms with Crippen LogP contribution in [0.5, 0.6) is 0 Å². The van der Waals surface area contributed by atoms with Crippen LogP contribution in [0, 0.1) is 0 Å². The molecular weight excluding hydrogens is 200 g/mol. The summed E-state index contributed by atoms with van der Waals surface area (Å²) in [4.78, 5) is 0. The first-order valence-corrected chi connectivity index (χ1v) is 6.05. The summed E-state index contributed by atoms with van der Waals surface area (Å²) in [5, 5.41) is 6.89. The predicted octanol–water partition coefficient (Wildman–Crippen LogP) is 1.87. The lowest BCUT2D eigenvalue weighted by Crippen LogP contribution is -2.39. The topological polar surface area (TPSA) is 33.3 Å². The number of para-hydroxylation sites is 1. The molecule has 3 nitrogen and oxygen atoms in total. The molecule has 88 valence electrons. The molecule has 0 amide bonds. The van der Waals surface area contributed by atoms with Crippen LogP contribution in [-0.4, -0.2) is 32.3 Å². The fourth-order valence-electron chi connectivity index (χ4n) is 1.94. The molecule has 0 spiro atoms. The van der Waals surface area contributed by atoms with Gasteiger partial charge in [0.25, 0.3) is 0 Å². The Morgan fingerprint density at radius 3 is 2.81 bits per heavy atom. The van der Waals surface area contributed by atoms with Crippen molar-refractivity contribution in [1.82, 2.24) is 5.32 Å². The van der Waals surface area contributed by atoms with Gasteiger partial charge in [0.1, 0.15) is 0 Å². The molecule has 2 rings (SSSR count). The number of anilines is 1. The zero-order valence-electron chi connectivity index (χ0n) is 9.61. The van der Waals surface area contributed by atoms with Gasteiger partial charge in [0.05, 0.1) is 6.61 Å². The van der Waals surface area contributed by atoms with Gasteiger partial charge < -0.3 is 15.4 Å². The first-order chi connectivity index (χ1) is 7.95. The Hall–Kier alpha value is -1.06. The molecule has 1 fully saturated rings. The van der Waals surface area contributed by atoms with Crippen molar-refractivity contribution in [3.63, 3.8) is 0 Å². The Bertz CT molecular complexity index is 283. The largest absolute Gasteiger partial charge is 0.384 e. The van der Waals surface area contributed by atoms with Crippen LogP contribution < -0.4 is 10.6 Å². The average Bonchev–Trinajstić information content (AvgIpc) is 2.37. The van der Waals surface area contributed by atoms with E-state index in [4.69, 9.17) is 4.74 Å². The van der Waals surface area contributed by atoms with Gasteiger partial charge in [-0.1, -0.05) is 18.2 Å². The van der Waals surface area contributed by atoms with Crippen molar-refractivity contribution in [1.29, 1.82) is 0 Å². The van der Waals surface area contributed by atoms with E-state index in [1.165, 1.54) is 18.5 Å². The van der Waals surface area contributed by atoms with E-state index in [0.717, 1.165) is 26.3 Å². The summed E-state index contributed by atoms with van der Waals surface area (Å²) in [6.45, 7) is 3.75. The second kappa shape index (κ2) is 6.51. The number of benzene rings is 1. The van der Waals surface area contributed by atoms with Gasteiger partial charge in [0.2, 0.25) is 0 Å². The monoisotopic (exact) mass is 220 g/mol. The Morgan fingerprint density at radius 1 is 1.19 bits per heavy atom. The van der Waals surface area contributed by atoms with Crippen molar-refractivity contribution in [3.05, 3.63) is 30.3 Å². The van der Waals surface area contributed by atoms with Crippen LogP contribution in [0.4, 0.5) is 5.69 Å². The molecule has 1 aromatic rings. The lowest BCUT2D eigenvalue weighted by molar-refractivity contribution is 0.0710. The predicted molar refractivity (Wildman–Crippen MR) is 66.8 cm³/mol. The van der Waals surface area contributed by atoms with E-state index in [2.05, 4.69) is 22.8 Å². The molecule has 0 bridgehead atoms. The Labute approximate surface area is 97.2 Å². The van der Waals surface area contributed by atoms with Crippen molar-refractivity contribution in [2.75, 3.05) is 31.6 Å². The molecular formula is C13H20N2O. The fourth-order valence-corrected chi connectivity index (χ4v) is 1.94. The quantitative estimate of drug-likeness (QED) is 0.743. The zero-order valence-corrected chi connectivity index (χ0v) is 9.61. The molecule has 1 aliphatic rings. The number of hydrogen-bond donors (Lipinski definition) is 2. The summed E-state index contributed by atoms with van der Waals surface area (Å²) in [5.74, 6) is 0. The van der Waals surface area contributed by atoms with E-state index in [1.54, 1.807) is 0 Å². The lowest BCUT2D eigenvalue weighted by Gasteiger charge is -2.23. The molecule has 2 N–H and O–H groups in total. The molecule has 1 saturated heterocycles. The van der Waals surface area contributed by atoms with E-state index in [-0.39, 0.29) is 0 Å². The maximum absolute atomic E-state index is 5.41. The molecule has 1 unspecified atom stereocenters. The number of hydrogen-bond acceptors (Lipinski definition) is 3. The zero-order chi connectivity index (χ0) is 11.1. The van der Waals surface area contributed by atoms with Crippen molar-refractivity contribution in [3.8, 4) is 0 Å². The van der Waals surface area contributed by atoms with Crippen molar-refractivity contribution >= 4 is 5.69 Å². The summed E-state index contributed by atoms with van der Waals surface area (Å²) >= 11 is 0. The molecule has 1 heterocycles. The van der Waals surface area contributed by atoms with Crippen LogP contribution in [0.2, 0.25) is 0 Å². The number of rotatable bonds is 5. The molecule has 3 heteroatoms. The smallest absolute Gasteiger partial charge is 0.0619 e. The van der Waals surface area contributed by atoms with Gasteiger partial charge in [-0.2, -0.15) is 0 Å². The maximum Gasteiger partial charge on any atom is 0.0619 e. The molecule has 0 saturated carbocycles. The third-order valence-electron chi connectivity index (χ3n) is 2.82. The van der Waals surface area contributed by atoms with Crippen LogP contribution in [0.25, 0.3) is 0 Å². The third-order valence-corrected chi connectivity index (χ3v) is 2.82. The number of ether oxygens (including phenoxy) is 1. The molecule has 0 aliphatic carbocycles. The molecule has 1 aliphatic heterocycles. The summed E-state index contributed by atoms with van der Waals surface area (Å²) in [6.07, 6.45) is 2.43. The van der Waals surface area contributed by atoms with Gasteiger partial charge in [0, 0.05) is 31.4 Å². The second-order valence-electron chi connectivity index (χ2n) is 4.16. The highest BCUT2D eigenvalue weighted by Gasteiger charge is 2.11. The molecule has 1 aromatic carbocycles. The van der Waals surface area contributed by atoms with Gasteiger partial charge in [-0.25, -0.2) is 0 Å². The van der Waals surface area contributed by atoms with Gasteiger partial charge in [-0.3, -0.25) is 0 Å². The first kappa shape index (κ1) is 11.4. The average molecular weight is 220 g/mol. The van der Waals surface area contributed by atoms with Crippen molar-refractivity contribution < 1.29 is 4.74 Å². The minimum Gasteiger partial charge on any atom is -0.384 e. The summed E-state index contributed by atoms with van der Waals surface area (Å²) in [7, 11) is 0. The minimum absolute atomic E-state index is 0.548. The Kier molecular flexibility index (Phi) is 4.65. The van der Waals surface area contributed by atoms with E-state index >= 15 is 0 Å². The van der Waals surface area contributed by atoms with Crippen LogP contribution in [0.15, 0.2) is 30.3 Å². The lowest BCUT2D eigenvalue weighted by atomic mass is 10.1. The van der Waals surface area contributed by atoms with E-state index in [0.29, 0.717) is 6.04 Å². The fraction of sp³-hybridized carbons (Fsp3) is 0.538. The van der Waals surface area contributed by atoms with Crippen LogP contribution in [0.1, 0.15) is 12.8 Å². The normalized spacial score (nSPS) is 20.6. The van der Waals surface area contributed by atoms with Crippen molar-refractivity contribution in [2.45, 2.75) is 18.9 Å².